The van der Waals surface area contributed by atoms with Gasteiger partial charge in [-0.2, -0.15) is 0 Å². The number of hydrogen-bond acceptors (Lipinski definition) is 5. The predicted molar refractivity (Wildman–Crippen MR) is 129 cm³/mol. The second kappa shape index (κ2) is 12.4. The summed E-state index contributed by atoms with van der Waals surface area (Å²) in [4.78, 5) is 21.4. The molecule has 0 aromatic carbocycles. The van der Waals surface area contributed by atoms with Crippen molar-refractivity contribution in [1.29, 1.82) is 0 Å². The van der Waals surface area contributed by atoms with E-state index in [9.17, 15) is 4.79 Å². The largest absolute Gasteiger partial charge is 0.354 e. The smallest absolute Gasteiger partial charge is 0.234 e. The maximum Gasteiger partial charge on any atom is 0.234 e. The minimum absolute atomic E-state index is 0. The number of carbonyl (C=O) groups excluding carboxylic acids is 1. The third-order valence-corrected chi connectivity index (χ3v) is 5.24. The van der Waals surface area contributed by atoms with E-state index < -0.39 is 0 Å². The molecule has 170 valence electrons. The molecule has 2 heterocycles. The lowest BCUT2D eigenvalue weighted by molar-refractivity contribution is -0.122. The van der Waals surface area contributed by atoms with Crippen LogP contribution in [0.5, 0.6) is 0 Å². The van der Waals surface area contributed by atoms with Crippen LogP contribution in [-0.4, -0.2) is 88.3 Å². The van der Waals surface area contributed by atoms with E-state index in [1.807, 2.05) is 0 Å². The second-order valence-corrected chi connectivity index (χ2v) is 8.38. The molecule has 1 aromatic rings. The zero-order chi connectivity index (χ0) is 20.6. The summed E-state index contributed by atoms with van der Waals surface area (Å²) in [7, 11) is 0. The monoisotopic (exact) mass is 532 g/mol. The van der Waals surface area contributed by atoms with E-state index in [1.165, 1.54) is 0 Å². The van der Waals surface area contributed by atoms with E-state index in [-0.39, 0.29) is 29.9 Å². The van der Waals surface area contributed by atoms with Gasteiger partial charge >= 0.3 is 0 Å². The summed E-state index contributed by atoms with van der Waals surface area (Å²) in [5.74, 6) is 2.65. The third-order valence-electron chi connectivity index (χ3n) is 5.24. The molecule has 0 bridgehead atoms. The van der Waals surface area contributed by atoms with Gasteiger partial charge in [-0.3, -0.25) is 14.7 Å². The van der Waals surface area contributed by atoms with Gasteiger partial charge in [0, 0.05) is 58.3 Å². The summed E-state index contributed by atoms with van der Waals surface area (Å²) in [6.07, 6.45) is 4.94. The fraction of sp³-hybridized carbons (Fsp3) is 0.800. The van der Waals surface area contributed by atoms with Crippen molar-refractivity contribution >= 4 is 35.8 Å². The van der Waals surface area contributed by atoms with Crippen LogP contribution in [0, 0.1) is 5.92 Å². The van der Waals surface area contributed by atoms with Gasteiger partial charge in [0.2, 0.25) is 5.91 Å². The van der Waals surface area contributed by atoms with Crippen molar-refractivity contribution in [3.05, 3.63) is 12.2 Å². The molecule has 0 spiro atoms. The lowest BCUT2D eigenvalue weighted by Crippen LogP contribution is -2.54. The lowest BCUT2D eigenvalue weighted by atomic mass is 10.2. The number of carbonyl (C=O) groups is 1. The molecular formula is C20H37IN8O. The lowest BCUT2D eigenvalue weighted by Gasteiger charge is -2.36. The highest BCUT2D eigenvalue weighted by atomic mass is 127. The number of aliphatic imine (C=N–C) groups is 1. The third kappa shape index (κ3) is 8.01. The van der Waals surface area contributed by atoms with Crippen molar-refractivity contribution in [3.63, 3.8) is 0 Å². The first-order chi connectivity index (χ1) is 14.0. The number of aryl methyl sites for hydroxylation is 1. The fourth-order valence-corrected chi connectivity index (χ4v) is 3.39. The van der Waals surface area contributed by atoms with Crippen LogP contribution in [0.25, 0.3) is 0 Å². The molecule has 30 heavy (non-hydrogen) atoms. The number of halogens is 1. The zero-order valence-corrected chi connectivity index (χ0v) is 20.8. The van der Waals surface area contributed by atoms with Gasteiger partial charge in [-0.25, -0.2) is 0 Å². The zero-order valence-electron chi connectivity index (χ0n) is 18.5. The molecule has 1 saturated heterocycles. The first-order valence-electron chi connectivity index (χ1n) is 11.0. The summed E-state index contributed by atoms with van der Waals surface area (Å²) in [6.45, 7) is 12.9. The van der Waals surface area contributed by atoms with Gasteiger partial charge in [0.05, 0.1) is 6.54 Å². The summed E-state index contributed by atoms with van der Waals surface area (Å²) in [5.41, 5.74) is 0. The fourth-order valence-electron chi connectivity index (χ4n) is 3.39. The molecule has 0 atom stereocenters. The van der Waals surface area contributed by atoms with Gasteiger partial charge in [0.15, 0.2) is 5.96 Å². The average Bonchev–Trinajstić information content (AvgIpc) is 3.39. The molecule has 2 aliphatic rings. The van der Waals surface area contributed by atoms with Crippen molar-refractivity contribution in [2.45, 2.75) is 52.6 Å². The van der Waals surface area contributed by atoms with Crippen LogP contribution in [0.3, 0.4) is 0 Å². The number of rotatable bonds is 9. The Hall–Kier alpha value is -1.43. The quantitative estimate of drug-likeness (QED) is 0.280. The van der Waals surface area contributed by atoms with Gasteiger partial charge in [0.1, 0.15) is 12.2 Å². The van der Waals surface area contributed by atoms with Crippen molar-refractivity contribution < 1.29 is 4.79 Å². The molecule has 1 saturated carbocycles. The second-order valence-electron chi connectivity index (χ2n) is 8.38. The van der Waals surface area contributed by atoms with E-state index in [2.05, 4.69) is 56.0 Å². The summed E-state index contributed by atoms with van der Waals surface area (Å²) in [6, 6.07) is 0.432. The van der Waals surface area contributed by atoms with Gasteiger partial charge in [-0.05, 0) is 18.8 Å². The normalized spacial score (nSPS) is 17.7. The number of nitrogens with one attached hydrogen (secondary N) is 2. The number of amides is 1. The highest BCUT2D eigenvalue weighted by Gasteiger charge is 2.26. The summed E-state index contributed by atoms with van der Waals surface area (Å²) in [5, 5.41) is 14.7. The van der Waals surface area contributed by atoms with E-state index >= 15 is 0 Å². The van der Waals surface area contributed by atoms with E-state index in [4.69, 9.17) is 4.99 Å². The first kappa shape index (κ1) is 24.8. The molecule has 2 fully saturated rings. The van der Waals surface area contributed by atoms with Gasteiger partial charge in [-0.1, -0.05) is 20.8 Å². The number of aromatic nitrogens is 3. The number of hydrogen-bond donors (Lipinski definition) is 2. The SMILES string of the molecule is CCc1nncn1CCNC(=NCC(C)C)N1CCN(CC(=O)NC2CC2)CC1.I. The van der Waals surface area contributed by atoms with Crippen molar-refractivity contribution in [3.8, 4) is 0 Å². The number of guanidine groups is 1. The van der Waals surface area contributed by atoms with Crippen LogP contribution in [0.2, 0.25) is 0 Å². The Kier molecular flexibility index (Phi) is 10.3. The van der Waals surface area contributed by atoms with Gasteiger partial charge in [0.25, 0.3) is 0 Å². The molecule has 9 nitrogen and oxygen atoms in total. The predicted octanol–water partition coefficient (Wildman–Crippen LogP) is 0.956. The Balaban J connectivity index is 0.00000320. The van der Waals surface area contributed by atoms with Crippen LogP contribution in [0.1, 0.15) is 39.4 Å². The van der Waals surface area contributed by atoms with E-state index in [0.717, 1.165) is 76.9 Å². The Morgan fingerprint density at radius 3 is 2.63 bits per heavy atom. The molecule has 1 amide bonds. The van der Waals surface area contributed by atoms with E-state index in [1.54, 1.807) is 6.33 Å². The highest BCUT2D eigenvalue weighted by Crippen LogP contribution is 2.18. The average molecular weight is 532 g/mol. The summed E-state index contributed by atoms with van der Waals surface area (Å²) < 4.78 is 2.09. The van der Waals surface area contributed by atoms with Crippen LogP contribution in [0.4, 0.5) is 0 Å². The molecule has 3 rings (SSSR count). The minimum atomic E-state index is 0. The molecule has 2 N–H and O–H groups in total. The van der Waals surface area contributed by atoms with Crippen LogP contribution < -0.4 is 10.6 Å². The van der Waals surface area contributed by atoms with Gasteiger partial charge in [-0.15, -0.1) is 34.2 Å². The number of piperazine rings is 1. The Morgan fingerprint density at radius 2 is 2.00 bits per heavy atom. The maximum absolute atomic E-state index is 12.0. The van der Waals surface area contributed by atoms with Crippen LogP contribution >= 0.6 is 24.0 Å². The Bertz CT molecular complexity index is 680. The Labute approximate surface area is 197 Å². The van der Waals surface area contributed by atoms with E-state index in [0.29, 0.717) is 18.5 Å². The van der Waals surface area contributed by atoms with Crippen molar-refractivity contribution in [1.82, 2.24) is 35.2 Å². The van der Waals surface area contributed by atoms with Crippen LogP contribution in [-0.2, 0) is 17.8 Å². The molecule has 0 unspecified atom stereocenters. The molecule has 1 aliphatic carbocycles. The van der Waals surface area contributed by atoms with Gasteiger partial charge < -0.3 is 20.1 Å². The number of nitrogens with zero attached hydrogens (tertiary/aromatic N) is 6. The van der Waals surface area contributed by atoms with Crippen LogP contribution in [0.15, 0.2) is 11.3 Å². The first-order valence-corrected chi connectivity index (χ1v) is 11.0. The molecule has 10 heteroatoms. The summed E-state index contributed by atoms with van der Waals surface area (Å²) >= 11 is 0. The molecule has 1 aliphatic heterocycles. The maximum atomic E-state index is 12.0. The highest BCUT2D eigenvalue weighted by molar-refractivity contribution is 14.0. The standard InChI is InChI=1S/C20H36N8O.HI/c1-4-18-25-23-15-28(18)8-7-21-20(22-13-16(2)3)27-11-9-26(10-12-27)14-19(29)24-17-5-6-17;/h15-17H,4-14H2,1-3H3,(H,21,22)(H,24,29);1H. The topological polar surface area (TPSA) is 90.7 Å². The molecule has 0 radical (unpaired) electrons. The Morgan fingerprint density at radius 1 is 1.27 bits per heavy atom. The molecular weight excluding hydrogens is 495 g/mol. The van der Waals surface area contributed by atoms with Crippen molar-refractivity contribution in [2.24, 2.45) is 10.9 Å². The van der Waals surface area contributed by atoms with Crippen molar-refractivity contribution in [2.75, 3.05) is 45.8 Å². The molecule has 1 aromatic heterocycles. The minimum Gasteiger partial charge on any atom is -0.354 e.